The second-order valence-electron chi connectivity index (χ2n) is 1.30. The van der Waals surface area contributed by atoms with Crippen molar-refractivity contribution >= 4 is 20.9 Å². The normalized spacial score (nSPS) is 14.9. The summed E-state index contributed by atoms with van der Waals surface area (Å²) in [5, 5.41) is 1.84. The zero-order chi connectivity index (χ0) is 7.11. The van der Waals surface area contributed by atoms with Crippen molar-refractivity contribution in [2.24, 2.45) is 0 Å². The quantitative estimate of drug-likeness (QED) is 0.587. The molecule has 0 saturated heterocycles. The summed E-state index contributed by atoms with van der Waals surface area (Å²) >= 11 is 4.87. The van der Waals surface area contributed by atoms with Crippen molar-refractivity contribution in [3.05, 3.63) is 23.8 Å². The van der Waals surface area contributed by atoms with Crippen molar-refractivity contribution in [2.75, 3.05) is 0 Å². The summed E-state index contributed by atoms with van der Waals surface area (Å²) in [6.45, 7) is 3.81. The second-order valence-corrected chi connectivity index (χ2v) is 3.27. The van der Waals surface area contributed by atoms with Gasteiger partial charge in [-0.15, -0.1) is 0 Å². The zero-order valence-corrected chi connectivity index (χ0v) is 7.17. The minimum Gasteiger partial charge on any atom is -0.428 e. The van der Waals surface area contributed by atoms with E-state index in [2.05, 4.69) is 0 Å². The lowest BCUT2D eigenvalue weighted by molar-refractivity contribution is 0.564. The van der Waals surface area contributed by atoms with Crippen LogP contribution in [0.3, 0.4) is 0 Å². The summed E-state index contributed by atoms with van der Waals surface area (Å²) in [4.78, 5) is 0. The Labute approximate surface area is 63.2 Å². The van der Waals surface area contributed by atoms with E-state index in [-0.39, 0.29) is 0 Å². The fourth-order valence-electron chi connectivity index (χ4n) is 0.253. The molecule has 0 aromatic heterocycles. The van der Waals surface area contributed by atoms with Gasteiger partial charge in [-0.05, 0) is 25.0 Å². The van der Waals surface area contributed by atoms with E-state index in [9.17, 15) is 0 Å². The summed E-state index contributed by atoms with van der Waals surface area (Å²) < 4.78 is 5.01. The Bertz CT molecular complexity index is 138. The molecule has 0 aliphatic carbocycles. The van der Waals surface area contributed by atoms with Crippen LogP contribution in [0.25, 0.3) is 0 Å². The predicted molar refractivity (Wildman–Crippen MR) is 45.4 cm³/mol. The smallest absolute Gasteiger partial charge is 0.0975 e. The van der Waals surface area contributed by atoms with Crippen LogP contribution in [0.4, 0.5) is 0 Å². The van der Waals surface area contributed by atoms with Crippen LogP contribution in [0.2, 0.25) is 0 Å². The molecule has 0 saturated carbocycles. The first-order chi connectivity index (χ1) is 4.31. The molecule has 0 amide bonds. The minimum atomic E-state index is -0.454. The average molecular weight is 162 g/mol. The van der Waals surface area contributed by atoms with E-state index in [4.69, 9.17) is 15.4 Å². The van der Waals surface area contributed by atoms with Crippen molar-refractivity contribution in [3.63, 3.8) is 0 Å². The molecular formula is C6H10OS2. The molecule has 1 nitrogen and oxygen atoms in total. The summed E-state index contributed by atoms with van der Waals surface area (Å²) in [5.74, 6) is 0. The highest BCUT2D eigenvalue weighted by Gasteiger charge is 1.78. The van der Waals surface area contributed by atoms with Gasteiger partial charge >= 0.3 is 0 Å². The highest BCUT2D eigenvalue weighted by molar-refractivity contribution is 8.27. The molecule has 1 unspecified atom stereocenters. The van der Waals surface area contributed by atoms with Gasteiger partial charge in [-0.1, -0.05) is 12.2 Å². The molecule has 0 aliphatic rings. The van der Waals surface area contributed by atoms with Gasteiger partial charge in [0, 0.05) is 5.41 Å². The highest BCUT2D eigenvalue weighted by atomic mass is 32.8. The van der Waals surface area contributed by atoms with E-state index in [1.807, 2.05) is 31.4 Å². The van der Waals surface area contributed by atoms with Gasteiger partial charge in [-0.2, -0.15) is 0 Å². The maximum absolute atomic E-state index is 5.01. The molecular weight excluding hydrogens is 152 g/mol. The molecule has 0 N–H and O–H groups in total. The van der Waals surface area contributed by atoms with E-state index >= 15 is 0 Å². The van der Waals surface area contributed by atoms with Gasteiger partial charge in [0.15, 0.2) is 0 Å². The lowest BCUT2D eigenvalue weighted by Crippen LogP contribution is -1.80. The number of rotatable bonds is 3. The molecule has 52 valence electrons. The maximum Gasteiger partial charge on any atom is 0.0975 e. The Balaban J connectivity index is 3.51. The number of allylic oxidation sites excluding steroid dienone is 2. The number of hydrogen-bond acceptors (Lipinski definition) is 2. The van der Waals surface area contributed by atoms with Gasteiger partial charge in [0.1, 0.15) is 0 Å². The first-order valence-corrected chi connectivity index (χ1v) is 4.76. The van der Waals surface area contributed by atoms with Crippen LogP contribution in [-0.2, 0) is 25.1 Å². The van der Waals surface area contributed by atoms with Crippen LogP contribution in [0.5, 0.6) is 0 Å². The van der Waals surface area contributed by atoms with Crippen molar-refractivity contribution < 1.29 is 4.18 Å². The molecule has 0 aromatic carbocycles. The molecule has 9 heavy (non-hydrogen) atoms. The van der Waals surface area contributed by atoms with Gasteiger partial charge in [0.25, 0.3) is 0 Å². The molecule has 0 fully saturated rings. The van der Waals surface area contributed by atoms with Crippen LogP contribution in [0.15, 0.2) is 23.8 Å². The van der Waals surface area contributed by atoms with Crippen molar-refractivity contribution in [3.8, 4) is 0 Å². The monoisotopic (exact) mass is 162 g/mol. The standard InChI is InChI=1S/C6H10OS2/c1-3-5-7-9(8)6-4-2/h3-6H,1-2H3/b5-3+,6-4+. The fraction of sp³-hybridized carbons (Fsp3) is 0.333. The first kappa shape index (κ1) is 8.85. The molecule has 0 aromatic rings. The molecule has 1 atom stereocenters. The predicted octanol–water partition coefficient (Wildman–Crippen LogP) is 2.07. The SMILES string of the molecule is C/C=C/OS(=S)/C=C/C. The molecule has 0 radical (unpaired) electrons. The second kappa shape index (κ2) is 5.98. The summed E-state index contributed by atoms with van der Waals surface area (Å²) in [6.07, 6.45) is 5.31. The molecule has 3 heteroatoms. The van der Waals surface area contributed by atoms with Crippen LogP contribution in [-0.4, -0.2) is 0 Å². The third kappa shape index (κ3) is 5.73. The zero-order valence-electron chi connectivity index (χ0n) is 5.53. The summed E-state index contributed by atoms with van der Waals surface area (Å²) in [7, 11) is -0.454. The van der Waals surface area contributed by atoms with Crippen LogP contribution in [0.1, 0.15) is 13.8 Å². The Morgan fingerprint density at radius 3 is 2.44 bits per heavy atom. The maximum atomic E-state index is 5.01. The highest BCUT2D eigenvalue weighted by Crippen LogP contribution is 1.89. The van der Waals surface area contributed by atoms with E-state index < -0.39 is 9.74 Å². The first-order valence-electron chi connectivity index (χ1n) is 2.63. The molecule has 0 aliphatic heterocycles. The van der Waals surface area contributed by atoms with Gasteiger partial charge < -0.3 is 4.18 Å². The Hall–Kier alpha value is -0.150. The van der Waals surface area contributed by atoms with Crippen LogP contribution >= 0.6 is 0 Å². The third-order valence-electron chi connectivity index (χ3n) is 0.534. The van der Waals surface area contributed by atoms with Crippen molar-refractivity contribution in [1.82, 2.24) is 0 Å². The van der Waals surface area contributed by atoms with Gasteiger partial charge in [0.05, 0.1) is 16.0 Å². The van der Waals surface area contributed by atoms with E-state index in [0.29, 0.717) is 0 Å². The largest absolute Gasteiger partial charge is 0.428 e. The van der Waals surface area contributed by atoms with Gasteiger partial charge in [0.2, 0.25) is 0 Å². The Kier molecular flexibility index (Phi) is 5.88. The topological polar surface area (TPSA) is 9.23 Å². The summed E-state index contributed by atoms with van der Waals surface area (Å²) in [5.41, 5.74) is 0. The van der Waals surface area contributed by atoms with Gasteiger partial charge in [-0.3, -0.25) is 0 Å². The van der Waals surface area contributed by atoms with E-state index in [0.717, 1.165) is 0 Å². The molecule has 0 bridgehead atoms. The average Bonchev–Trinajstić information content (AvgIpc) is 1.85. The molecule has 0 spiro atoms. The fourth-order valence-corrected chi connectivity index (χ4v) is 1.23. The minimum absolute atomic E-state index is 0.454. The van der Waals surface area contributed by atoms with E-state index in [1.165, 1.54) is 0 Å². The molecule has 0 heterocycles. The Morgan fingerprint density at radius 1 is 1.33 bits per heavy atom. The van der Waals surface area contributed by atoms with Crippen molar-refractivity contribution in [1.29, 1.82) is 0 Å². The number of hydrogen-bond donors (Lipinski definition) is 0. The lowest BCUT2D eigenvalue weighted by Gasteiger charge is -1.93. The van der Waals surface area contributed by atoms with Crippen molar-refractivity contribution in [2.45, 2.75) is 13.8 Å². The van der Waals surface area contributed by atoms with Crippen LogP contribution < -0.4 is 0 Å². The Morgan fingerprint density at radius 2 is 2.00 bits per heavy atom. The third-order valence-corrected chi connectivity index (χ3v) is 1.90. The van der Waals surface area contributed by atoms with E-state index in [1.54, 1.807) is 6.26 Å². The van der Waals surface area contributed by atoms with Gasteiger partial charge in [-0.25, -0.2) is 0 Å². The molecule has 0 rings (SSSR count). The van der Waals surface area contributed by atoms with Crippen LogP contribution in [0, 0.1) is 0 Å². The summed E-state index contributed by atoms with van der Waals surface area (Å²) in [6, 6.07) is 0. The lowest BCUT2D eigenvalue weighted by atomic mass is 10.8.